The van der Waals surface area contributed by atoms with Crippen molar-refractivity contribution in [3.63, 3.8) is 0 Å². The van der Waals surface area contributed by atoms with Crippen molar-refractivity contribution in [2.75, 3.05) is 13.1 Å². The number of amides is 1. The van der Waals surface area contributed by atoms with Gasteiger partial charge in [-0.2, -0.15) is 0 Å². The Morgan fingerprint density at radius 1 is 1.82 bits per heavy atom. The molecule has 1 saturated heterocycles. The summed E-state index contributed by atoms with van der Waals surface area (Å²) in [6.45, 7) is 3.77. The molecule has 11 heavy (non-hydrogen) atoms. The van der Waals surface area contributed by atoms with Gasteiger partial charge in [-0.15, -0.1) is 0 Å². The molecule has 1 aliphatic rings. The minimum atomic E-state index is -0.741. The van der Waals surface area contributed by atoms with E-state index in [1.807, 2.05) is 0 Å². The van der Waals surface area contributed by atoms with Crippen molar-refractivity contribution in [1.29, 1.82) is 0 Å². The predicted octanol–water partition coefficient (Wildman–Crippen LogP) is 1.03. The summed E-state index contributed by atoms with van der Waals surface area (Å²) in [5.41, 5.74) is 0. The van der Waals surface area contributed by atoms with Crippen LogP contribution in [-0.2, 0) is 0 Å². The van der Waals surface area contributed by atoms with Gasteiger partial charge in [0.2, 0.25) is 0 Å². The molecule has 1 heterocycles. The van der Waals surface area contributed by atoms with Crippen molar-refractivity contribution in [3.8, 4) is 0 Å². The number of rotatable bonds is 2. The second-order valence-corrected chi connectivity index (χ2v) is 6.83. The topological polar surface area (TPSA) is 40.5 Å². The van der Waals surface area contributed by atoms with Gasteiger partial charge in [-0.25, -0.2) is 0 Å². The molecule has 2 unspecified atom stereocenters. The molecule has 64 valence electrons. The van der Waals surface area contributed by atoms with E-state index in [2.05, 4.69) is 6.92 Å². The van der Waals surface area contributed by atoms with Gasteiger partial charge < -0.3 is 0 Å². The summed E-state index contributed by atoms with van der Waals surface area (Å²) < 4.78 is 0.746. The number of carboxylic acid groups (broad SMARTS) is 1. The molecule has 1 aliphatic heterocycles. The molecule has 0 bridgehead atoms. The summed E-state index contributed by atoms with van der Waals surface area (Å²) in [5.74, 6) is 0. The van der Waals surface area contributed by atoms with E-state index in [4.69, 9.17) is 5.11 Å². The zero-order valence-corrected chi connectivity index (χ0v) is 8.81. The second-order valence-electron chi connectivity index (χ2n) is 2.77. The first kappa shape index (κ1) is 8.92. The first-order chi connectivity index (χ1) is 5.24. The van der Waals surface area contributed by atoms with Crippen LogP contribution >= 0.6 is 0 Å². The van der Waals surface area contributed by atoms with E-state index in [0.717, 1.165) is 24.2 Å². The normalized spacial score (nSPS) is 25.2. The fraction of sp³-hybridized carbons (Fsp3) is 0.857. The number of hydrogen-bond donors (Lipinski definition) is 1. The summed E-state index contributed by atoms with van der Waals surface area (Å²) in [6.07, 6.45) is 0.371. The van der Waals surface area contributed by atoms with Crippen molar-refractivity contribution in [2.45, 2.75) is 23.3 Å². The van der Waals surface area contributed by atoms with Crippen LogP contribution in [0.1, 0.15) is 13.3 Å². The Balaban J connectivity index is 2.29. The van der Waals surface area contributed by atoms with E-state index in [-0.39, 0.29) is 15.8 Å². The Kier molecular flexibility index (Phi) is 3.25. The maximum absolute atomic E-state index is 10.5. The molecule has 0 aromatic carbocycles. The summed E-state index contributed by atoms with van der Waals surface area (Å²) in [6, 6.07) is 0. The number of nitrogens with zero attached hydrogens (tertiary/aromatic N) is 1. The van der Waals surface area contributed by atoms with E-state index in [9.17, 15) is 4.79 Å². The summed E-state index contributed by atoms with van der Waals surface area (Å²) >= 11 is 0.143. The summed E-state index contributed by atoms with van der Waals surface area (Å²) in [7, 11) is 0. The molecule has 1 N–H and O–H groups in total. The molecule has 4 heteroatoms. The third-order valence-electron chi connectivity index (χ3n) is 1.95. The zero-order valence-electron chi connectivity index (χ0n) is 6.71. The maximum atomic E-state index is 10.5. The van der Waals surface area contributed by atoms with Crippen LogP contribution in [0.4, 0.5) is 4.79 Å². The van der Waals surface area contributed by atoms with E-state index in [0.29, 0.717) is 0 Å². The molecule has 0 radical (unpaired) electrons. The van der Waals surface area contributed by atoms with Crippen LogP contribution in [0, 0.1) is 0 Å². The van der Waals surface area contributed by atoms with E-state index in [1.165, 1.54) is 5.21 Å². The van der Waals surface area contributed by atoms with Crippen LogP contribution in [0.3, 0.4) is 0 Å². The molecule has 0 spiro atoms. The monoisotopic (exact) mass is 219 g/mol. The van der Waals surface area contributed by atoms with E-state index in [1.54, 1.807) is 4.90 Å². The van der Waals surface area contributed by atoms with Gasteiger partial charge in [0.1, 0.15) is 0 Å². The Morgan fingerprint density at radius 3 is 3.00 bits per heavy atom. The first-order valence-electron chi connectivity index (χ1n) is 3.95. The number of carbonyl (C=O) groups is 1. The number of likely N-dealkylation sites (tertiary alicyclic amines) is 1. The van der Waals surface area contributed by atoms with Gasteiger partial charge in [0.25, 0.3) is 0 Å². The molecule has 1 amide bonds. The molecule has 0 aromatic heterocycles. The molecule has 3 nitrogen and oxygen atoms in total. The van der Waals surface area contributed by atoms with Gasteiger partial charge >= 0.3 is 73.0 Å². The zero-order chi connectivity index (χ0) is 8.27. The summed E-state index contributed by atoms with van der Waals surface area (Å²) in [5, 5.41) is 9.93. The van der Waals surface area contributed by atoms with Gasteiger partial charge in [-0.05, 0) is 0 Å². The summed E-state index contributed by atoms with van der Waals surface area (Å²) in [4.78, 5) is 12.0. The molecular weight excluding hydrogens is 205 g/mol. The van der Waals surface area contributed by atoms with Gasteiger partial charge in [-0.1, -0.05) is 0 Å². The van der Waals surface area contributed by atoms with Crippen LogP contribution in [0.2, 0.25) is 9.91 Å². The molecule has 0 aromatic rings. The van der Waals surface area contributed by atoms with Gasteiger partial charge in [-0.3, -0.25) is 0 Å². The predicted molar refractivity (Wildman–Crippen MR) is 45.6 cm³/mol. The first-order valence-corrected chi connectivity index (χ1v) is 6.64. The number of hydrogen-bond acceptors (Lipinski definition) is 1. The van der Waals surface area contributed by atoms with Crippen molar-refractivity contribution in [2.24, 2.45) is 0 Å². The van der Waals surface area contributed by atoms with Gasteiger partial charge in [0.15, 0.2) is 0 Å². The van der Waals surface area contributed by atoms with Crippen molar-refractivity contribution in [1.82, 2.24) is 4.90 Å². The fourth-order valence-electron chi connectivity index (χ4n) is 1.39. The van der Waals surface area contributed by atoms with E-state index >= 15 is 0 Å². The fourth-order valence-corrected chi connectivity index (χ4v) is 4.03. The van der Waals surface area contributed by atoms with Gasteiger partial charge in [0, 0.05) is 0 Å². The van der Waals surface area contributed by atoms with Crippen LogP contribution in [0.15, 0.2) is 0 Å². The Labute approximate surface area is 73.4 Å². The van der Waals surface area contributed by atoms with Crippen molar-refractivity contribution >= 4 is 21.8 Å². The molecule has 0 aliphatic carbocycles. The standard InChI is InChI=1S/C7H14AsNO2/c1-2-8-6-3-4-9(5-6)7(10)11/h6,8H,2-5H2,1H3,(H,10,11). The quantitative estimate of drug-likeness (QED) is 0.704. The van der Waals surface area contributed by atoms with Crippen LogP contribution in [0.25, 0.3) is 0 Å². The SMILES string of the molecule is CC[AsH]C1CCN(C(=O)O)C1. The van der Waals surface area contributed by atoms with Crippen molar-refractivity contribution in [3.05, 3.63) is 0 Å². The average Bonchev–Trinajstić information content (AvgIpc) is 2.37. The Morgan fingerprint density at radius 2 is 2.55 bits per heavy atom. The van der Waals surface area contributed by atoms with Gasteiger partial charge in [0.05, 0.1) is 0 Å². The van der Waals surface area contributed by atoms with E-state index < -0.39 is 6.09 Å². The second kappa shape index (κ2) is 4.01. The average molecular weight is 219 g/mol. The van der Waals surface area contributed by atoms with Crippen LogP contribution in [-0.4, -0.2) is 44.9 Å². The molecule has 2 atom stereocenters. The Hall–Kier alpha value is -0.172. The molecule has 0 saturated carbocycles. The molecule has 1 fully saturated rings. The van der Waals surface area contributed by atoms with Crippen LogP contribution in [0.5, 0.6) is 0 Å². The minimum absolute atomic E-state index is 0.143. The molecule has 1 rings (SSSR count). The third kappa shape index (κ3) is 2.40. The molecular formula is C7H14AsNO2. The van der Waals surface area contributed by atoms with Crippen LogP contribution < -0.4 is 0 Å². The Bertz CT molecular complexity index is 151. The third-order valence-corrected chi connectivity index (χ3v) is 5.01. The van der Waals surface area contributed by atoms with Crippen molar-refractivity contribution < 1.29 is 9.90 Å².